The average Bonchev–Trinajstić information content (AvgIpc) is 3.32. The number of esters is 2. The second kappa shape index (κ2) is 25.9. The zero-order chi connectivity index (χ0) is 47.2. The van der Waals surface area contributed by atoms with E-state index in [0.717, 1.165) is 11.1 Å². The lowest BCUT2D eigenvalue weighted by molar-refractivity contribution is -0.385. The summed E-state index contributed by atoms with van der Waals surface area (Å²) in [5.41, 5.74) is 0.0920. The summed E-state index contributed by atoms with van der Waals surface area (Å²) in [5.74, 6) is -0.977. The Bertz CT molecular complexity index is 2090. The Hall–Kier alpha value is -7.04. The van der Waals surface area contributed by atoms with E-state index in [0.29, 0.717) is 74.4 Å². The lowest BCUT2D eigenvalue weighted by atomic mass is 9.65. The van der Waals surface area contributed by atoms with Crippen LogP contribution in [0.4, 0.5) is 11.4 Å². The molecule has 4 aromatic carbocycles. The number of aliphatic hydroxyl groups is 2. The van der Waals surface area contributed by atoms with E-state index in [1.165, 1.54) is 74.9 Å². The van der Waals surface area contributed by atoms with Gasteiger partial charge in [0.05, 0.1) is 37.3 Å². The van der Waals surface area contributed by atoms with Gasteiger partial charge in [-0.25, -0.2) is 9.59 Å². The monoisotopic (exact) mass is 894 g/mol. The molecule has 344 valence electrons. The van der Waals surface area contributed by atoms with Crippen LogP contribution in [0.5, 0.6) is 11.5 Å². The number of ketones is 2. The minimum atomic E-state index is -1.88. The first kappa shape index (κ1) is 50.6. The maximum atomic E-state index is 14.0. The predicted octanol–water partition coefficient (Wildman–Crippen LogP) is 7.79. The van der Waals surface area contributed by atoms with Gasteiger partial charge in [-0.05, 0) is 110 Å². The zero-order valence-corrected chi connectivity index (χ0v) is 36.4. The molecule has 0 fully saturated rings. The second-order valence-electron chi connectivity index (χ2n) is 15.3. The molecule has 2 atom stereocenters. The first-order valence-electron chi connectivity index (χ1n) is 21.1. The van der Waals surface area contributed by atoms with Crippen molar-refractivity contribution < 1.29 is 58.2 Å². The molecule has 2 N–H and O–H groups in total. The minimum Gasteiger partial charge on any atom is -0.494 e. The number of hydrogen-bond acceptors (Lipinski definition) is 14. The highest BCUT2D eigenvalue weighted by molar-refractivity contribution is 5.89. The van der Waals surface area contributed by atoms with Crippen LogP contribution in [0.2, 0.25) is 0 Å². The molecule has 0 aromatic heterocycles. The summed E-state index contributed by atoms with van der Waals surface area (Å²) in [6, 6.07) is 24.9. The smallest absolute Gasteiger partial charge is 0.330 e. The van der Waals surface area contributed by atoms with Crippen molar-refractivity contribution in [3.05, 3.63) is 152 Å². The lowest BCUT2D eigenvalue weighted by Gasteiger charge is -2.41. The number of non-ortho nitro benzene ring substituents is 2. The van der Waals surface area contributed by atoms with Crippen molar-refractivity contribution in [3.63, 3.8) is 0 Å². The molecule has 0 saturated heterocycles. The molecule has 4 aromatic rings. The maximum Gasteiger partial charge on any atom is 0.330 e. The number of carbonyl (C=O) groups is 4. The number of nitro groups is 2. The molecular weight excluding hydrogens is 841 g/mol. The fourth-order valence-corrected chi connectivity index (χ4v) is 7.10. The summed E-state index contributed by atoms with van der Waals surface area (Å²) in [5, 5.41) is 47.0. The summed E-state index contributed by atoms with van der Waals surface area (Å²) >= 11 is 0. The third-order valence-electron chi connectivity index (χ3n) is 10.7. The molecule has 4 rings (SSSR count). The number of aliphatic hydroxyl groups excluding tert-OH is 2. The van der Waals surface area contributed by atoms with Gasteiger partial charge in [0.1, 0.15) is 23.7 Å². The van der Waals surface area contributed by atoms with Crippen molar-refractivity contribution in [3.8, 4) is 11.5 Å². The van der Waals surface area contributed by atoms with Gasteiger partial charge in [0.15, 0.2) is 11.6 Å². The Morgan fingerprint density at radius 1 is 0.554 bits per heavy atom. The summed E-state index contributed by atoms with van der Waals surface area (Å²) < 4.78 is 20.8. The summed E-state index contributed by atoms with van der Waals surface area (Å²) in [4.78, 5) is 72.4. The van der Waals surface area contributed by atoms with E-state index < -0.39 is 51.0 Å². The minimum absolute atomic E-state index is 0.0987. The van der Waals surface area contributed by atoms with Gasteiger partial charge < -0.3 is 29.2 Å². The Balaban J connectivity index is 1.45. The number of nitro benzene ring substituents is 2. The molecule has 0 aliphatic carbocycles. The number of methoxy groups -OCH3 is 2. The van der Waals surface area contributed by atoms with Crippen molar-refractivity contribution in [1.29, 1.82) is 0 Å². The van der Waals surface area contributed by atoms with Crippen LogP contribution in [-0.2, 0) is 41.5 Å². The molecule has 0 aliphatic heterocycles. The van der Waals surface area contributed by atoms with Crippen molar-refractivity contribution in [2.45, 2.75) is 76.4 Å². The van der Waals surface area contributed by atoms with Gasteiger partial charge in [0, 0.05) is 54.7 Å². The van der Waals surface area contributed by atoms with E-state index in [1.807, 2.05) is 0 Å². The first-order valence-corrected chi connectivity index (χ1v) is 21.1. The highest BCUT2D eigenvalue weighted by Gasteiger charge is 2.50. The van der Waals surface area contributed by atoms with Crippen LogP contribution < -0.4 is 9.47 Å². The highest BCUT2D eigenvalue weighted by Crippen LogP contribution is 2.39. The van der Waals surface area contributed by atoms with Crippen molar-refractivity contribution in [1.82, 2.24) is 0 Å². The molecule has 16 heteroatoms. The SMILES string of the molecule is COC(=O)/C=C/c1ccc(OCCCCCC(=O)C(O)C(Cc2ccc([N+](=O)[O-])cc2)(Cc2ccc([N+](=O)[O-])cc2)C(O)C(=O)CCCCCOc2ccc(/C=C/C(=O)OC)cc2)cc1. The number of Topliss-reactive ketones (excluding diaryl/α,β-unsaturated/α-hetero) is 2. The quantitative estimate of drug-likeness (QED) is 0.0182. The van der Waals surface area contributed by atoms with Crippen LogP contribution >= 0.6 is 0 Å². The van der Waals surface area contributed by atoms with Crippen LogP contribution in [0.25, 0.3) is 12.2 Å². The van der Waals surface area contributed by atoms with E-state index in [1.54, 1.807) is 60.7 Å². The van der Waals surface area contributed by atoms with Crippen LogP contribution in [0, 0.1) is 25.6 Å². The summed E-state index contributed by atoms with van der Waals surface area (Å²) in [7, 11) is 2.59. The Kier molecular flexibility index (Phi) is 20.2. The van der Waals surface area contributed by atoms with E-state index >= 15 is 0 Å². The standard InChI is InChI=1S/C49H54N2O14/c1-62-45(54)29-19-35-15-25-41(26-16-35)64-31-7-3-5-9-43(52)47(56)49(33-37-11-21-39(22-12-37)50(58)59,34-38-13-23-40(24-14-38)51(60)61)48(57)44(53)10-6-4-8-32-65-42-27-17-36(18-28-42)20-30-46(55)63-2/h11-30,47-48,56-57H,3-10,31-34H2,1-2H3/b29-19+,30-20+. The highest BCUT2D eigenvalue weighted by atomic mass is 16.6. The van der Waals surface area contributed by atoms with E-state index in [-0.39, 0.29) is 37.1 Å². The Labute approximate surface area is 376 Å². The van der Waals surface area contributed by atoms with Gasteiger partial charge in [-0.2, -0.15) is 0 Å². The topological polar surface area (TPSA) is 232 Å². The van der Waals surface area contributed by atoms with E-state index in [4.69, 9.17) is 9.47 Å². The van der Waals surface area contributed by atoms with Gasteiger partial charge in [0.25, 0.3) is 11.4 Å². The van der Waals surface area contributed by atoms with Gasteiger partial charge in [-0.3, -0.25) is 29.8 Å². The molecule has 65 heavy (non-hydrogen) atoms. The average molecular weight is 895 g/mol. The van der Waals surface area contributed by atoms with E-state index in [9.17, 15) is 49.6 Å². The number of ether oxygens (including phenoxy) is 4. The van der Waals surface area contributed by atoms with Crippen LogP contribution in [0.3, 0.4) is 0 Å². The second-order valence-corrected chi connectivity index (χ2v) is 15.3. The van der Waals surface area contributed by atoms with Crippen LogP contribution in [0.15, 0.2) is 109 Å². The van der Waals surface area contributed by atoms with Crippen molar-refractivity contribution >= 4 is 47.0 Å². The number of hydrogen-bond donors (Lipinski definition) is 2. The maximum absolute atomic E-state index is 14.0. The molecule has 16 nitrogen and oxygen atoms in total. The third-order valence-corrected chi connectivity index (χ3v) is 10.7. The number of unbranched alkanes of at least 4 members (excludes halogenated alkanes) is 4. The molecule has 2 unspecified atom stereocenters. The Morgan fingerprint density at radius 2 is 0.908 bits per heavy atom. The lowest BCUT2D eigenvalue weighted by Crippen LogP contribution is -2.55. The molecular formula is C49H54N2O14. The fourth-order valence-electron chi connectivity index (χ4n) is 7.10. The summed E-state index contributed by atoms with van der Waals surface area (Å²) in [6.07, 6.45) is 4.32. The molecule has 0 radical (unpaired) electrons. The van der Waals surface area contributed by atoms with E-state index in [2.05, 4.69) is 9.47 Å². The molecule has 0 heterocycles. The molecule has 0 amide bonds. The Morgan fingerprint density at radius 3 is 1.23 bits per heavy atom. The van der Waals surface area contributed by atoms with Crippen LogP contribution in [0.1, 0.15) is 73.6 Å². The van der Waals surface area contributed by atoms with Gasteiger partial charge in [0.2, 0.25) is 0 Å². The van der Waals surface area contributed by atoms with Crippen LogP contribution in [-0.4, -0.2) is 83.2 Å². The molecule has 0 saturated carbocycles. The fraction of sp³-hybridized carbons (Fsp3) is 0.347. The molecule has 0 aliphatic rings. The third kappa shape index (κ3) is 16.2. The normalized spacial score (nSPS) is 12.4. The van der Waals surface area contributed by atoms with Crippen molar-refractivity contribution in [2.24, 2.45) is 5.41 Å². The van der Waals surface area contributed by atoms with Crippen molar-refractivity contribution in [2.75, 3.05) is 27.4 Å². The number of benzene rings is 4. The number of nitrogens with zero attached hydrogens (tertiary/aromatic N) is 2. The number of carbonyl (C=O) groups excluding carboxylic acids is 4. The first-order chi connectivity index (χ1) is 31.2. The predicted molar refractivity (Wildman–Crippen MR) is 241 cm³/mol. The zero-order valence-electron chi connectivity index (χ0n) is 36.4. The largest absolute Gasteiger partial charge is 0.494 e. The van der Waals surface area contributed by atoms with Gasteiger partial charge in [-0.1, -0.05) is 48.5 Å². The van der Waals surface area contributed by atoms with Gasteiger partial charge in [-0.15, -0.1) is 0 Å². The molecule has 0 bridgehead atoms. The summed E-state index contributed by atoms with van der Waals surface area (Å²) in [6.45, 7) is 0.671. The number of rotatable bonds is 28. The molecule has 0 spiro atoms. The van der Waals surface area contributed by atoms with Gasteiger partial charge >= 0.3 is 11.9 Å².